The number of hydrogen-bond donors (Lipinski definition) is 1. The minimum Gasteiger partial charge on any atom is -0.438 e. The summed E-state index contributed by atoms with van der Waals surface area (Å²) in [6.45, 7) is 1.46. The first-order valence-electron chi connectivity index (χ1n) is 5.76. The summed E-state index contributed by atoms with van der Waals surface area (Å²) in [7, 11) is 0. The number of halogens is 1. The normalized spacial score (nSPS) is 11.7. The van der Waals surface area contributed by atoms with Crippen LogP contribution in [-0.4, -0.2) is 10.0 Å². The van der Waals surface area contributed by atoms with Gasteiger partial charge in [0.05, 0.1) is 11.0 Å². The van der Waals surface area contributed by atoms with Gasteiger partial charge in [0, 0.05) is 10.9 Å². The molecule has 1 atom stereocenters. The van der Waals surface area contributed by atoms with Crippen molar-refractivity contribution in [1.82, 2.24) is 0 Å². The zero-order chi connectivity index (χ0) is 15.6. The van der Waals surface area contributed by atoms with Crippen LogP contribution in [0, 0.1) is 27.3 Å². The number of benzene rings is 1. The van der Waals surface area contributed by atoms with Gasteiger partial charge in [-0.15, -0.1) is 0 Å². The summed E-state index contributed by atoms with van der Waals surface area (Å²) in [6, 6.07) is 6.61. The first-order chi connectivity index (χ1) is 9.93. The molecule has 0 amide bonds. The van der Waals surface area contributed by atoms with Crippen LogP contribution in [0.25, 0.3) is 0 Å². The van der Waals surface area contributed by atoms with Crippen LogP contribution in [0.2, 0.25) is 0 Å². The van der Waals surface area contributed by atoms with Crippen molar-refractivity contribution in [3.05, 3.63) is 50.6 Å². The van der Waals surface area contributed by atoms with E-state index in [4.69, 9.17) is 10.00 Å². The first kappa shape index (κ1) is 14.9. The van der Waals surface area contributed by atoms with Crippen LogP contribution in [0.5, 0.6) is 10.8 Å². The van der Waals surface area contributed by atoms with Gasteiger partial charge in [0.1, 0.15) is 23.2 Å². The molecule has 0 fully saturated rings. The largest absolute Gasteiger partial charge is 0.438 e. The summed E-state index contributed by atoms with van der Waals surface area (Å²) in [5.41, 5.74) is -0.678. The Morgan fingerprint density at radius 3 is 2.86 bits per heavy atom. The Labute approximate surface area is 122 Å². The van der Waals surface area contributed by atoms with Crippen LogP contribution in [0.3, 0.4) is 0 Å². The van der Waals surface area contributed by atoms with Crippen LogP contribution < -0.4 is 4.74 Å². The minimum atomic E-state index is -0.894. The molecule has 2 aromatic rings. The third-order valence-corrected chi connectivity index (χ3v) is 3.77. The van der Waals surface area contributed by atoms with E-state index in [9.17, 15) is 19.6 Å². The molecule has 0 radical (unpaired) electrons. The lowest BCUT2D eigenvalue weighted by molar-refractivity contribution is -0.385. The highest BCUT2D eigenvalue weighted by Gasteiger charge is 2.24. The van der Waals surface area contributed by atoms with Crippen molar-refractivity contribution in [2.24, 2.45) is 0 Å². The van der Waals surface area contributed by atoms with E-state index < -0.39 is 16.8 Å². The molecule has 0 aliphatic heterocycles. The molecule has 1 N–H and O–H groups in total. The standard InChI is InChI=1S/C13H9FN2O4S/c1-7(17)12-5-10(16(18)19)13(21-12)20-11-4-2-3-9(14)8(11)6-15/h2-5,7,17H,1H3. The van der Waals surface area contributed by atoms with Gasteiger partial charge in [0.15, 0.2) is 0 Å². The number of nitriles is 1. The Bertz CT molecular complexity index is 736. The highest BCUT2D eigenvalue weighted by Crippen LogP contribution is 2.42. The zero-order valence-corrected chi connectivity index (χ0v) is 11.6. The molecule has 1 aromatic carbocycles. The third-order valence-electron chi connectivity index (χ3n) is 2.60. The lowest BCUT2D eigenvalue weighted by Crippen LogP contribution is -1.93. The minimum absolute atomic E-state index is 0.111. The molecular weight excluding hydrogens is 299 g/mol. The number of thiophene rings is 1. The van der Waals surface area contributed by atoms with Gasteiger partial charge in [-0.05, 0) is 19.1 Å². The van der Waals surface area contributed by atoms with Gasteiger partial charge in [0.2, 0.25) is 0 Å². The number of hydrogen-bond acceptors (Lipinski definition) is 6. The molecule has 0 spiro atoms. The Hall–Kier alpha value is -2.50. The van der Waals surface area contributed by atoms with Crippen LogP contribution >= 0.6 is 11.3 Å². The van der Waals surface area contributed by atoms with E-state index in [0.717, 1.165) is 17.4 Å². The maximum absolute atomic E-state index is 13.5. The monoisotopic (exact) mass is 308 g/mol. The van der Waals surface area contributed by atoms with Crippen molar-refractivity contribution >= 4 is 17.0 Å². The second kappa shape index (κ2) is 5.87. The number of nitrogens with zero attached hydrogens (tertiary/aromatic N) is 2. The van der Waals surface area contributed by atoms with Gasteiger partial charge in [-0.2, -0.15) is 5.26 Å². The summed E-state index contributed by atoms with van der Waals surface area (Å²) >= 11 is 0.870. The Kier molecular flexibility index (Phi) is 4.16. The molecular formula is C13H9FN2O4S. The van der Waals surface area contributed by atoms with Gasteiger partial charge in [-0.1, -0.05) is 17.4 Å². The number of ether oxygens (including phenoxy) is 1. The molecule has 1 heterocycles. The van der Waals surface area contributed by atoms with Crippen LogP contribution in [-0.2, 0) is 0 Å². The molecule has 108 valence electrons. The maximum Gasteiger partial charge on any atom is 0.323 e. The molecule has 0 bridgehead atoms. The second-order valence-electron chi connectivity index (χ2n) is 4.08. The summed E-state index contributed by atoms with van der Waals surface area (Å²) in [4.78, 5) is 10.7. The molecule has 2 rings (SSSR count). The lowest BCUT2D eigenvalue weighted by atomic mass is 10.2. The Morgan fingerprint density at radius 2 is 2.29 bits per heavy atom. The fourth-order valence-electron chi connectivity index (χ4n) is 1.59. The van der Waals surface area contributed by atoms with E-state index in [1.807, 2.05) is 0 Å². The average Bonchev–Trinajstić information content (AvgIpc) is 2.83. The Morgan fingerprint density at radius 1 is 1.57 bits per heavy atom. The maximum atomic E-state index is 13.5. The van der Waals surface area contributed by atoms with Gasteiger partial charge in [-0.25, -0.2) is 4.39 Å². The topological polar surface area (TPSA) is 96.4 Å². The molecule has 0 aliphatic rings. The summed E-state index contributed by atoms with van der Waals surface area (Å²) in [6.07, 6.45) is -0.894. The number of rotatable bonds is 4. The Balaban J connectivity index is 2.47. The van der Waals surface area contributed by atoms with E-state index in [2.05, 4.69) is 0 Å². The van der Waals surface area contributed by atoms with Gasteiger partial charge in [0.25, 0.3) is 5.06 Å². The molecule has 1 aromatic heterocycles. The average molecular weight is 308 g/mol. The van der Waals surface area contributed by atoms with Gasteiger partial charge >= 0.3 is 5.69 Å². The van der Waals surface area contributed by atoms with E-state index in [1.165, 1.54) is 25.1 Å². The fourth-order valence-corrected chi connectivity index (χ4v) is 2.51. The van der Waals surface area contributed by atoms with E-state index in [1.54, 1.807) is 6.07 Å². The van der Waals surface area contributed by atoms with Crippen LogP contribution in [0.1, 0.15) is 23.5 Å². The molecule has 8 heteroatoms. The highest BCUT2D eigenvalue weighted by molar-refractivity contribution is 7.14. The van der Waals surface area contributed by atoms with Crippen molar-refractivity contribution in [2.75, 3.05) is 0 Å². The molecule has 0 saturated heterocycles. The van der Waals surface area contributed by atoms with Gasteiger partial charge in [-0.3, -0.25) is 10.1 Å². The van der Waals surface area contributed by atoms with E-state index in [-0.39, 0.29) is 22.1 Å². The summed E-state index contributed by atoms with van der Waals surface area (Å²) in [5, 5.41) is 29.3. The summed E-state index contributed by atoms with van der Waals surface area (Å²) < 4.78 is 18.8. The molecule has 1 unspecified atom stereocenters. The van der Waals surface area contributed by atoms with Crippen molar-refractivity contribution in [3.63, 3.8) is 0 Å². The number of aliphatic hydroxyl groups excluding tert-OH is 1. The lowest BCUT2D eigenvalue weighted by Gasteiger charge is -2.05. The molecule has 0 aliphatic carbocycles. The summed E-state index contributed by atoms with van der Waals surface area (Å²) in [5.74, 6) is -0.885. The molecule has 21 heavy (non-hydrogen) atoms. The highest BCUT2D eigenvalue weighted by atomic mass is 32.1. The van der Waals surface area contributed by atoms with Gasteiger partial charge < -0.3 is 9.84 Å². The van der Waals surface area contributed by atoms with Crippen molar-refractivity contribution in [1.29, 1.82) is 5.26 Å². The second-order valence-corrected chi connectivity index (χ2v) is 5.13. The number of aliphatic hydroxyl groups is 1. The van der Waals surface area contributed by atoms with E-state index >= 15 is 0 Å². The van der Waals surface area contributed by atoms with Crippen molar-refractivity contribution in [2.45, 2.75) is 13.0 Å². The van der Waals surface area contributed by atoms with Crippen molar-refractivity contribution in [3.8, 4) is 16.9 Å². The smallest absolute Gasteiger partial charge is 0.323 e. The quantitative estimate of drug-likeness (QED) is 0.688. The van der Waals surface area contributed by atoms with Crippen LogP contribution in [0.4, 0.5) is 10.1 Å². The van der Waals surface area contributed by atoms with E-state index in [0.29, 0.717) is 4.88 Å². The van der Waals surface area contributed by atoms with Crippen LogP contribution in [0.15, 0.2) is 24.3 Å². The number of nitro groups is 1. The SMILES string of the molecule is CC(O)c1cc([N+](=O)[O-])c(Oc2cccc(F)c2C#N)s1. The predicted octanol–water partition coefficient (Wildman–Crippen LogP) is 3.51. The predicted molar refractivity (Wildman–Crippen MR) is 72.8 cm³/mol. The molecule has 6 nitrogen and oxygen atoms in total. The van der Waals surface area contributed by atoms with Crippen molar-refractivity contribution < 1.29 is 19.2 Å². The molecule has 0 saturated carbocycles. The fraction of sp³-hybridized carbons (Fsp3) is 0.154. The third kappa shape index (κ3) is 2.99. The zero-order valence-electron chi connectivity index (χ0n) is 10.7. The first-order valence-corrected chi connectivity index (χ1v) is 6.58.